The lowest BCUT2D eigenvalue weighted by molar-refractivity contribution is -0.143. The topological polar surface area (TPSA) is 60.8 Å². The Bertz CT molecular complexity index is 1190. The van der Waals surface area contributed by atoms with E-state index in [1.807, 2.05) is 24.3 Å². The molecule has 1 aromatic heterocycles. The molecular weight excluding hydrogens is 391 g/mol. The van der Waals surface area contributed by atoms with Crippen LogP contribution in [0.2, 0.25) is 0 Å². The second-order valence-corrected chi connectivity index (χ2v) is 6.67. The molecule has 0 amide bonds. The van der Waals surface area contributed by atoms with Crippen molar-refractivity contribution >= 4 is 16.6 Å². The fourth-order valence-electron chi connectivity index (χ4n) is 3.20. The lowest BCUT2D eigenvalue weighted by Gasteiger charge is -2.22. The number of alkyl halides is 3. The second kappa shape index (κ2) is 7.84. The van der Waals surface area contributed by atoms with Gasteiger partial charge in [-0.25, -0.2) is 0 Å². The van der Waals surface area contributed by atoms with Crippen molar-refractivity contribution in [3.8, 4) is 17.6 Å². The molecule has 30 heavy (non-hydrogen) atoms. The van der Waals surface area contributed by atoms with E-state index in [1.54, 1.807) is 36.4 Å². The van der Waals surface area contributed by atoms with E-state index in [2.05, 4.69) is 10.3 Å². The van der Waals surface area contributed by atoms with Crippen molar-refractivity contribution in [1.29, 1.82) is 5.26 Å². The van der Waals surface area contributed by atoms with Crippen molar-refractivity contribution in [1.82, 2.24) is 4.98 Å². The highest BCUT2D eigenvalue weighted by Crippen LogP contribution is 2.39. The first-order chi connectivity index (χ1) is 14.4. The number of halogens is 3. The Morgan fingerprint density at radius 2 is 1.63 bits per heavy atom. The molecule has 7 heteroatoms. The van der Waals surface area contributed by atoms with E-state index in [0.29, 0.717) is 33.7 Å². The number of H-pyrrole nitrogens is 1. The van der Waals surface area contributed by atoms with Gasteiger partial charge in [0.2, 0.25) is 0 Å². The van der Waals surface area contributed by atoms with Gasteiger partial charge in [-0.1, -0.05) is 24.3 Å². The number of hydrogen-bond donors (Lipinski definition) is 2. The van der Waals surface area contributed by atoms with Crippen LogP contribution >= 0.6 is 0 Å². The third-order valence-electron chi connectivity index (χ3n) is 4.63. The number of fused-ring (bicyclic) bond motifs is 1. The van der Waals surface area contributed by atoms with Crippen LogP contribution < -0.4 is 10.1 Å². The van der Waals surface area contributed by atoms with E-state index in [0.717, 1.165) is 0 Å². The molecule has 0 spiro atoms. The third kappa shape index (κ3) is 4.08. The molecule has 1 heterocycles. The van der Waals surface area contributed by atoms with Gasteiger partial charge in [0, 0.05) is 28.4 Å². The summed E-state index contributed by atoms with van der Waals surface area (Å²) in [7, 11) is 0. The number of anilines is 1. The Hall–Kier alpha value is -3.92. The maximum absolute atomic E-state index is 13.9. The highest BCUT2D eigenvalue weighted by atomic mass is 19.4. The van der Waals surface area contributed by atoms with Crippen molar-refractivity contribution in [2.75, 3.05) is 5.32 Å². The van der Waals surface area contributed by atoms with Gasteiger partial charge in [0.15, 0.2) is 6.04 Å². The summed E-state index contributed by atoms with van der Waals surface area (Å²) >= 11 is 0. The highest BCUT2D eigenvalue weighted by Gasteiger charge is 2.42. The minimum atomic E-state index is -4.53. The average molecular weight is 407 g/mol. The number of nitrogens with one attached hydrogen (secondary N) is 2. The minimum absolute atomic E-state index is 0.0617. The number of nitrogens with zero attached hydrogens (tertiary/aromatic N) is 1. The molecule has 0 aliphatic heterocycles. The Balaban J connectivity index is 1.59. The van der Waals surface area contributed by atoms with Gasteiger partial charge in [-0.15, -0.1) is 0 Å². The van der Waals surface area contributed by atoms with Crippen molar-refractivity contribution in [3.05, 3.63) is 90.1 Å². The standard InChI is InChI=1S/C23H16F3N3O/c24-23(25,26)22(20-14-28-21-12-15(13-27)6-11-19(20)21)29-16-7-9-18(10-8-16)30-17-4-2-1-3-5-17/h1-12,14,22,28-29H. The van der Waals surface area contributed by atoms with Gasteiger partial charge < -0.3 is 15.0 Å². The highest BCUT2D eigenvalue weighted by molar-refractivity contribution is 5.85. The van der Waals surface area contributed by atoms with E-state index in [1.165, 1.54) is 24.4 Å². The molecule has 2 N–H and O–H groups in total. The first-order valence-electron chi connectivity index (χ1n) is 9.11. The fraction of sp³-hybridized carbons (Fsp3) is 0.0870. The summed E-state index contributed by atoms with van der Waals surface area (Å²) in [4.78, 5) is 2.83. The molecule has 4 aromatic rings. The number of aromatic amines is 1. The van der Waals surface area contributed by atoms with Crippen LogP contribution in [0.5, 0.6) is 11.5 Å². The molecular formula is C23H16F3N3O. The minimum Gasteiger partial charge on any atom is -0.457 e. The quantitative estimate of drug-likeness (QED) is 0.394. The van der Waals surface area contributed by atoms with E-state index in [9.17, 15) is 13.2 Å². The number of para-hydroxylation sites is 1. The molecule has 1 unspecified atom stereocenters. The largest absolute Gasteiger partial charge is 0.457 e. The number of ether oxygens (including phenoxy) is 1. The Kier molecular flexibility index (Phi) is 5.07. The summed E-state index contributed by atoms with van der Waals surface area (Å²) in [6.07, 6.45) is -3.20. The number of benzene rings is 3. The number of hydrogen-bond acceptors (Lipinski definition) is 3. The van der Waals surface area contributed by atoms with Gasteiger partial charge in [-0.2, -0.15) is 18.4 Å². The van der Waals surface area contributed by atoms with Crippen molar-refractivity contribution < 1.29 is 17.9 Å². The zero-order valence-electron chi connectivity index (χ0n) is 15.6. The first kappa shape index (κ1) is 19.4. The molecule has 1 atom stereocenters. The molecule has 0 aliphatic carbocycles. The Labute approximate surface area is 170 Å². The summed E-state index contributed by atoms with van der Waals surface area (Å²) < 4.78 is 47.2. The van der Waals surface area contributed by atoms with E-state index in [4.69, 9.17) is 10.00 Å². The van der Waals surface area contributed by atoms with Crippen LogP contribution in [-0.2, 0) is 0 Å². The van der Waals surface area contributed by atoms with Crippen LogP contribution in [0.1, 0.15) is 17.2 Å². The molecule has 150 valence electrons. The van der Waals surface area contributed by atoms with Gasteiger partial charge in [-0.3, -0.25) is 0 Å². The second-order valence-electron chi connectivity index (χ2n) is 6.67. The van der Waals surface area contributed by atoms with E-state index < -0.39 is 12.2 Å². The van der Waals surface area contributed by atoms with E-state index >= 15 is 0 Å². The Morgan fingerprint density at radius 3 is 2.30 bits per heavy atom. The molecule has 0 saturated heterocycles. The molecule has 3 aromatic carbocycles. The zero-order chi connectivity index (χ0) is 21.1. The lowest BCUT2D eigenvalue weighted by atomic mass is 10.0. The SMILES string of the molecule is N#Cc1ccc2c(C(Nc3ccc(Oc4ccccc4)cc3)C(F)(F)F)c[nH]c2c1. The summed E-state index contributed by atoms with van der Waals surface area (Å²) in [6.45, 7) is 0. The van der Waals surface area contributed by atoms with Crippen LogP contribution in [0, 0.1) is 11.3 Å². The molecule has 0 radical (unpaired) electrons. The maximum atomic E-state index is 13.9. The molecule has 4 nitrogen and oxygen atoms in total. The predicted octanol–water partition coefficient (Wildman–Crippen LogP) is 6.55. The van der Waals surface area contributed by atoms with Crippen molar-refractivity contribution in [3.63, 3.8) is 0 Å². The van der Waals surface area contributed by atoms with Crippen LogP contribution in [0.3, 0.4) is 0 Å². The van der Waals surface area contributed by atoms with E-state index in [-0.39, 0.29) is 5.56 Å². The van der Waals surface area contributed by atoms with Gasteiger partial charge in [-0.05, 0) is 48.5 Å². The normalized spacial score (nSPS) is 12.3. The molecule has 0 aliphatic rings. The maximum Gasteiger partial charge on any atom is 0.412 e. The van der Waals surface area contributed by atoms with Crippen LogP contribution in [0.15, 0.2) is 79.0 Å². The average Bonchev–Trinajstić information content (AvgIpc) is 3.15. The van der Waals surface area contributed by atoms with Crippen LogP contribution in [0.25, 0.3) is 10.9 Å². The molecule has 0 saturated carbocycles. The first-order valence-corrected chi connectivity index (χ1v) is 9.11. The molecule has 0 fully saturated rings. The van der Waals surface area contributed by atoms with Gasteiger partial charge >= 0.3 is 6.18 Å². The molecule has 4 rings (SSSR count). The van der Waals surface area contributed by atoms with Crippen LogP contribution in [0.4, 0.5) is 18.9 Å². The fourth-order valence-corrected chi connectivity index (χ4v) is 3.20. The van der Waals surface area contributed by atoms with Crippen molar-refractivity contribution in [2.24, 2.45) is 0 Å². The number of aromatic nitrogens is 1. The molecule has 0 bridgehead atoms. The third-order valence-corrected chi connectivity index (χ3v) is 4.63. The van der Waals surface area contributed by atoms with Crippen molar-refractivity contribution in [2.45, 2.75) is 12.2 Å². The Morgan fingerprint density at radius 1 is 0.933 bits per heavy atom. The lowest BCUT2D eigenvalue weighted by Crippen LogP contribution is -2.27. The summed E-state index contributed by atoms with van der Waals surface area (Å²) in [6, 6.07) is 20.0. The summed E-state index contributed by atoms with van der Waals surface area (Å²) in [5.74, 6) is 1.16. The number of nitriles is 1. The smallest absolute Gasteiger partial charge is 0.412 e. The summed E-state index contributed by atoms with van der Waals surface area (Å²) in [5, 5.41) is 12.0. The summed E-state index contributed by atoms with van der Waals surface area (Å²) in [5.41, 5.74) is 1.22. The van der Waals surface area contributed by atoms with Gasteiger partial charge in [0.1, 0.15) is 11.5 Å². The van der Waals surface area contributed by atoms with Gasteiger partial charge in [0.25, 0.3) is 0 Å². The number of rotatable bonds is 5. The zero-order valence-corrected chi connectivity index (χ0v) is 15.6. The van der Waals surface area contributed by atoms with Gasteiger partial charge in [0.05, 0.1) is 11.6 Å². The van der Waals surface area contributed by atoms with Crippen LogP contribution in [-0.4, -0.2) is 11.2 Å². The predicted molar refractivity (Wildman–Crippen MR) is 108 cm³/mol. The monoisotopic (exact) mass is 407 g/mol.